The molecule has 0 aromatic heterocycles. The van der Waals surface area contributed by atoms with Crippen molar-refractivity contribution in [3.63, 3.8) is 0 Å². The fourth-order valence-electron chi connectivity index (χ4n) is 4.64. The van der Waals surface area contributed by atoms with E-state index in [1.807, 2.05) is 0 Å². The van der Waals surface area contributed by atoms with Crippen LogP contribution in [0.3, 0.4) is 0 Å². The van der Waals surface area contributed by atoms with E-state index in [2.05, 4.69) is 27.4 Å². The van der Waals surface area contributed by atoms with Crippen LogP contribution in [0.4, 0.5) is 0 Å². The maximum Gasteiger partial charge on any atom is 0.173 e. The largest absolute Gasteiger partial charge is 0.365 e. The zero-order valence-electron chi connectivity index (χ0n) is 11.2. The summed E-state index contributed by atoms with van der Waals surface area (Å²) in [6.45, 7) is 10.9. The van der Waals surface area contributed by atoms with E-state index in [-0.39, 0.29) is 11.5 Å². The summed E-state index contributed by atoms with van der Waals surface area (Å²) in [6, 6.07) is 0. The first-order valence-corrected chi connectivity index (χ1v) is 6.99. The summed E-state index contributed by atoms with van der Waals surface area (Å²) in [5.41, 5.74) is 1.13. The molecule has 2 nitrogen and oxygen atoms in total. The molecule has 3 aliphatic rings. The lowest BCUT2D eigenvalue weighted by molar-refractivity contribution is -0.269. The van der Waals surface area contributed by atoms with Gasteiger partial charge in [-0.1, -0.05) is 32.9 Å². The van der Waals surface area contributed by atoms with Gasteiger partial charge in [0.2, 0.25) is 0 Å². The Morgan fingerprint density at radius 2 is 2.12 bits per heavy atom. The molecule has 0 amide bonds. The average molecular weight is 236 g/mol. The summed E-state index contributed by atoms with van der Waals surface area (Å²) in [5, 5.41) is 10.8. The maximum atomic E-state index is 10.8. The second-order valence-electron chi connectivity index (χ2n) is 6.82. The molecular weight excluding hydrogens is 212 g/mol. The van der Waals surface area contributed by atoms with Gasteiger partial charge in [0.1, 0.15) is 0 Å². The molecule has 1 spiro atoms. The second kappa shape index (κ2) is 3.36. The lowest BCUT2D eigenvalue weighted by Crippen LogP contribution is -2.48. The monoisotopic (exact) mass is 236 g/mol. The van der Waals surface area contributed by atoms with Gasteiger partial charge < -0.3 is 9.84 Å². The number of rotatable bonds is 1. The summed E-state index contributed by atoms with van der Waals surface area (Å²) in [5.74, 6) is 0.852. The lowest BCUT2D eigenvalue weighted by atomic mass is 9.77. The minimum atomic E-state index is -0.930. The number of hydrogen-bond acceptors (Lipinski definition) is 2. The molecule has 0 aromatic rings. The summed E-state index contributed by atoms with van der Waals surface area (Å²) < 4.78 is 6.25. The summed E-state index contributed by atoms with van der Waals surface area (Å²) >= 11 is 0. The number of aliphatic hydroxyl groups is 1. The Hall–Kier alpha value is -0.340. The van der Waals surface area contributed by atoms with E-state index >= 15 is 0 Å². The first-order valence-electron chi connectivity index (χ1n) is 6.99. The van der Waals surface area contributed by atoms with Crippen molar-refractivity contribution in [2.24, 2.45) is 23.7 Å². The predicted octanol–water partition coefficient (Wildman–Crippen LogP) is 3.11. The molecule has 2 saturated heterocycles. The van der Waals surface area contributed by atoms with Gasteiger partial charge in [-0.05, 0) is 31.1 Å². The predicted molar refractivity (Wildman–Crippen MR) is 67.4 cm³/mol. The highest BCUT2D eigenvalue weighted by Crippen LogP contribution is 2.63. The smallest absolute Gasteiger partial charge is 0.173 e. The molecule has 1 N–H and O–H groups in total. The van der Waals surface area contributed by atoms with E-state index in [9.17, 15) is 5.11 Å². The zero-order valence-corrected chi connectivity index (χ0v) is 11.2. The topological polar surface area (TPSA) is 29.5 Å². The van der Waals surface area contributed by atoms with Gasteiger partial charge in [0, 0.05) is 18.3 Å². The molecular formula is C15H24O2. The molecule has 2 heteroatoms. The highest BCUT2D eigenvalue weighted by molar-refractivity contribution is 5.24. The summed E-state index contributed by atoms with van der Waals surface area (Å²) in [6.07, 6.45) is 4.08. The van der Waals surface area contributed by atoms with Crippen molar-refractivity contribution < 1.29 is 9.84 Å². The van der Waals surface area contributed by atoms with Gasteiger partial charge in [-0.3, -0.25) is 0 Å². The molecule has 0 aromatic carbocycles. The molecule has 3 unspecified atom stereocenters. The molecule has 17 heavy (non-hydrogen) atoms. The Kier molecular flexibility index (Phi) is 2.32. The molecule has 3 rings (SSSR count). The third kappa shape index (κ3) is 1.34. The normalized spacial score (nSPS) is 53.2. The Morgan fingerprint density at radius 1 is 1.41 bits per heavy atom. The summed E-state index contributed by atoms with van der Waals surface area (Å²) in [4.78, 5) is 0. The van der Waals surface area contributed by atoms with E-state index in [0.29, 0.717) is 24.2 Å². The van der Waals surface area contributed by atoms with Crippen LogP contribution in [0.25, 0.3) is 0 Å². The van der Waals surface area contributed by atoms with Crippen LogP contribution in [0.2, 0.25) is 0 Å². The molecule has 0 radical (unpaired) electrons. The van der Waals surface area contributed by atoms with Crippen LogP contribution in [-0.2, 0) is 4.74 Å². The number of hydrogen-bond donors (Lipinski definition) is 1. The molecule has 96 valence electrons. The third-order valence-corrected chi connectivity index (χ3v) is 5.58. The molecule has 2 heterocycles. The molecule has 3 fully saturated rings. The Morgan fingerprint density at radius 3 is 2.76 bits per heavy atom. The van der Waals surface area contributed by atoms with E-state index < -0.39 is 5.79 Å². The van der Waals surface area contributed by atoms with Crippen LogP contribution in [-0.4, -0.2) is 16.5 Å². The first kappa shape index (κ1) is 11.7. The van der Waals surface area contributed by atoms with E-state index in [1.165, 1.54) is 18.4 Å². The maximum absolute atomic E-state index is 10.8. The van der Waals surface area contributed by atoms with Gasteiger partial charge in [0.05, 0.1) is 5.60 Å². The van der Waals surface area contributed by atoms with Crippen molar-refractivity contribution in [2.45, 2.75) is 57.8 Å². The van der Waals surface area contributed by atoms with Crippen LogP contribution in [0.15, 0.2) is 12.2 Å². The Labute approximate surface area is 104 Å². The van der Waals surface area contributed by atoms with Crippen molar-refractivity contribution in [1.29, 1.82) is 0 Å². The van der Waals surface area contributed by atoms with Gasteiger partial charge in [-0.15, -0.1) is 0 Å². The first-order chi connectivity index (χ1) is 7.89. The SMILES string of the molecule is C=C1C[C@]2(O)OC3(CC2C(C)C)C(C)CC[C@@H]13. The minimum Gasteiger partial charge on any atom is -0.365 e. The number of fused-ring (bicyclic) bond motifs is 1. The quantitative estimate of drug-likeness (QED) is 0.709. The second-order valence-corrected chi connectivity index (χ2v) is 6.82. The van der Waals surface area contributed by atoms with E-state index in [0.717, 1.165) is 6.42 Å². The molecule has 1 saturated carbocycles. The number of ether oxygens (including phenoxy) is 1. The van der Waals surface area contributed by atoms with Gasteiger partial charge in [-0.25, -0.2) is 0 Å². The van der Waals surface area contributed by atoms with Crippen LogP contribution >= 0.6 is 0 Å². The fourth-order valence-corrected chi connectivity index (χ4v) is 4.64. The van der Waals surface area contributed by atoms with E-state index in [4.69, 9.17) is 4.74 Å². The van der Waals surface area contributed by atoms with Gasteiger partial charge in [-0.2, -0.15) is 0 Å². The summed E-state index contributed by atoms with van der Waals surface area (Å²) in [7, 11) is 0. The van der Waals surface area contributed by atoms with E-state index in [1.54, 1.807) is 0 Å². The lowest BCUT2D eigenvalue weighted by Gasteiger charge is -2.43. The Bertz CT molecular complexity index is 362. The molecule has 1 aliphatic carbocycles. The van der Waals surface area contributed by atoms with Crippen LogP contribution < -0.4 is 0 Å². The van der Waals surface area contributed by atoms with Crippen molar-refractivity contribution in [1.82, 2.24) is 0 Å². The minimum absolute atomic E-state index is 0.0982. The average Bonchev–Trinajstić information content (AvgIpc) is 2.65. The van der Waals surface area contributed by atoms with Crippen LogP contribution in [0.5, 0.6) is 0 Å². The molecule has 2 aliphatic heterocycles. The van der Waals surface area contributed by atoms with Gasteiger partial charge >= 0.3 is 0 Å². The standard InChI is InChI=1S/C15H24O2/c1-9(2)13-8-14-11(4)5-6-12(14)10(3)7-15(13,16)17-14/h9,11-13,16H,3,5-8H2,1-2,4H3/t11?,12-,13?,14?,15-/m0/s1. The van der Waals surface area contributed by atoms with Crippen molar-refractivity contribution in [2.75, 3.05) is 0 Å². The van der Waals surface area contributed by atoms with Gasteiger partial charge in [0.25, 0.3) is 0 Å². The van der Waals surface area contributed by atoms with Crippen LogP contribution in [0.1, 0.15) is 46.5 Å². The van der Waals surface area contributed by atoms with Gasteiger partial charge in [0.15, 0.2) is 5.79 Å². The highest BCUT2D eigenvalue weighted by Gasteiger charge is 2.66. The van der Waals surface area contributed by atoms with Crippen molar-refractivity contribution >= 4 is 0 Å². The third-order valence-electron chi connectivity index (χ3n) is 5.58. The molecule has 2 bridgehead atoms. The molecule has 5 atom stereocenters. The van der Waals surface area contributed by atoms with Crippen molar-refractivity contribution in [3.8, 4) is 0 Å². The van der Waals surface area contributed by atoms with Crippen molar-refractivity contribution in [3.05, 3.63) is 12.2 Å². The van der Waals surface area contributed by atoms with Crippen LogP contribution in [0, 0.1) is 23.7 Å². The Balaban J connectivity index is 2.04. The fraction of sp³-hybridized carbons (Fsp3) is 0.867. The highest BCUT2D eigenvalue weighted by atomic mass is 16.6. The zero-order chi connectivity index (χ0) is 12.4.